The quantitative estimate of drug-likeness (QED) is 0.763. The Morgan fingerprint density at radius 1 is 1.58 bits per heavy atom. The summed E-state index contributed by atoms with van der Waals surface area (Å²) in [5.41, 5.74) is 1.83. The molecule has 0 saturated heterocycles. The highest BCUT2D eigenvalue weighted by Crippen LogP contribution is 2.11. The Bertz CT molecular complexity index is 198. The first-order valence-electron chi connectivity index (χ1n) is 4.38. The first kappa shape index (κ1) is 9.68. The molecule has 0 fully saturated rings. The van der Waals surface area contributed by atoms with E-state index in [0.717, 1.165) is 25.7 Å². The van der Waals surface area contributed by atoms with Crippen LogP contribution >= 0.6 is 11.3 Å². The van der Waals surface area contributed by atoms with Gasteiger partial charge in [0.05, 0.1) is 11.6 Å². The van der Waals surface area contributed by atoms with Gasteiger partial charge in [0.1, 0.15) is 0 Å². The Morgan fingerprint density at radius 2 is 2.42 bits per heavy atom. The zero-order valence-corrected chi connectivity index (χ0v) is 8.18. The molecule has 1 aromatic heterocycles. The lowest BCUT2D eigenvalue weighted by molar-refractivity contribution is 0.154. The molecule has 1 unspecified atom stereocenters. The molecule has 0 aliphatic heterocycles. The summed E-state index contributed by atoms with van der Waals surface area (Å²) < 4.78 is 0. The minimum atomic E-state index is -0.128. The second-order valence-corrected chi connectivity index (χ2v) is 3.92. The predicted molar refractivity (Wildman–Crippen MR) is 51.3 cm³/mol. The maximum absolute atomic E-state index is 9.43. The van der Waals surface area contributed by atoms with E-state index in [2.05, 4.69) is 11.9 Å². The van der Waals surface area contributed by atoms with Crippen molar-refractivity contribution in [2.24, 2.45) is 0 Å². The Balaban J connectivity index is 2.17. The van der Waals surface area contributed by atoms with Crippen molar-refractivity contribution in [3.8, 4) is 0 Å². The maximum atomic E-state index is 9.43. The molecule has 0 spiro atoms. The number of aryl methyl sites for hydroxylation is 1. The third-order valence-corrected chi connectivity index (χ3v) is 2.67. The molecule has 0 aliphatic carbocycles. The number of rotatable bonds is 5. The van der Waals surface area contributed by atoms with E-state index in [-0.39, 0.29) is 6.10 Å². The first-order valence-corrected chi connectivity index (χ1v) is 5.26. The highest BCUT2D eigenvalue weighted by atomic mass is 32.1. The fourth-order valence-corrected chi connectivity index (χ4v) is 1.77. The Kier molecular flexibility index (Phi) is 4.25. The fraction of sp³-hybridized carbons (Fsp3) is 0.667. The summed E-state index contributed by atoms with van der Waals surface area (Å²) in [6.45, 7) is 2.09. The lowest BCUT2D eigenvalue weighted by Crippen LogP contribution is -2.06. The molecule has 0 radical (unpaired) electrons. The van der Waals surface area contributed by atoms with Crippen molar-refractivity contribution >= 4 is 11.3 Å². The number of nitrogens with zero attached hydrogens (tertiary/aromatic N) is 1. The Morgan fingerprint density at radius 3 is 3.00 bits per heavy atom. The molecule has 0 amide bonds. The molecular formula is C9H15NOS. The van der Waals surface area contributed by atoms with E-state index >= 15 is 0 Å². The van der Waals surface area contributed by atoms with Crippen LogP contribution in [0.15, 0.2) is 11.7 Å². The van der Waals surface area contributed by atoms with E-state index in [1.165, 1.54) is 4.88 Å². The molecule has 1 aromatic rings. The van der Waals surface area contributed by atoms with Crippen LogP contribution in [0, 0.1) is 0 Å². The van der Waals surface area contributed by atoms with E-state index < -0.39 is 0 Å². The largest absolute Gasteiger partial charge is 0.393 e. The highest BCUT2D eigenvalue weighted by Gasteiger charge is 2.03. The van der Waals surface area contributed by atoms with Gasteiger partial charge >= 0.3 is 0 Å². The molecule has 3 heteroatoms. The third-order valence-electron chi connectivity index (χ3n) is 1.83. The zero-order chi connectivity index (χ0) is 8.81. The smallest absolute Gasteiger partial charge is 0.0794 e. The van der Waals surface area contributed by atoms with Gasteiger partial charge in [0, 0.05) is 11.1 Å². The van der Waals surface area contributed by atoms with Gasteiger partial charge in [0.2, 0.25) is 0 Å². The van der Waals surface area contributed by atoms with Crippen LogP contribution in [0.3, 0.4) is 0 Å². The van der Waals surface area contributed by atoms with Crippen LogP contribution in [-0.2, 0) is 6.42 Å². The van der Waals surface area contributed by atoms with Crippen LogP contribution < -0.4 is 0 Å². The van der Waals surface area contributed by atoms with Crippen molar-refractivity contribution in [2.75, 3.05) is 0 Å². The van der Waals surface area contributed by atoms with Gasteiger partial charge in [0.15, 0.2) is 0 Å². The molecule has 0 saturated carbocycles. The molecule has 1 atom stereocenters. The van der Waals surface area contributed by atoms with Crippen LogP contribution in [0.5, 0.6) is 0 Å². The lowest BCUT2D eigenvalue weighted by atomic mass is 10.1. The molecule has 1 N–H and O–H groups in total. The second kappa shape index (κ2) is 5.27. The van der Waals surface area contributed by atoms with E-state index in [0.29, 0.717) is 0 Å². The van der Waals surface area contributed by atoms with E-state index in [9.17, 15) is 5.11 Å². The zero-order valence-electron chi connectivity index (χ0n) is 7.36. The summed E-state index contributed by atoms with van der Waals surface area (Å²) in [7, 11) is 0. The number of aromatic nitrogens is 1. The van der Waals surface area contributed by atoms with E-state index in [1.54, 1.807) is 11.3 Å². The number of hydrogen-bond donors (Lipinski definition) is 1. The van der Waals surface area contributed by atoms with Crippen molar-refractivity contribution in [1.82, 2.24) is 4.98 Å². The molecular weight excluding hydrogens is 170 g/mol. The van der Waals surface area contributed by atoms with Gasteiger partial charge in [-0.1, -0.05) is 13.3 Å². The molecule has 1 rings (SSSR count). The summed E-state index contributed by atoms with van der Waals surface area (Å²) >= 11 is 1.66. The summed E-state index contributed by atoms with van der Waals surface area (Å²) in [4.78, 5) is 5.25. The van der Waals surface area contributed by atoms with Gasteiger partial charge in [-0.05, 0) is 19.3 Å². The lowest BCUT2D eigenvalue weighted by Gasteiger charge is -2.06. The first-order chi connectivity index (χ1) is 5.83. The van der Waals surface area contributed by atoms with Crippen molar-refractivity contribution in [3.63, 3.8) is 0 Å². The van der Waals surface area contributed by atoms with Gasteiger partial charge in [-0.25, -0.2) is 0 Å². The van der Waals surface area contributed by atoms with Crippen LogP contribution in [-0.4, -0.2) is 16.2 Å². The van der Waals surface area contributed by atoms with Gasteiger partial charge in [0.25, 0.3) is 0 Å². The van der Waals surface area contributed by atoms with Crippen LogP contribution in [0.4, 0.5) is 0 Å². The number of hydrogen-bond acceptors (Lipinski definition) is 3. The van der Waals surface area contributed by atoms with E-state index in [1.807, 2.05) is 11.7 Å². The summed E-state index contributed by atoms with van der Waals surface area (Å²) in [5, 5.41) is 9.43. The average Bonchev–Trinajstić information content (AvgIpc) is 2.53. The van der Waals surface area contributed by atoms with Crippen LogP contribution in [0.25, 0.3) is 0 Å². The van der Waals surface area contributed by atoms with Crippen molar-refractivity contribution in [1.29, 1.82) is 0 Å². The molecule has 68 valence electrons. The minimum Gasteiger partial charge on any atom is -0.393 e. The normalized spacial score (nSPS) is 13.2. The average molecular weight is 185 g/mol. The van der Waals surface area contributed by atoms with Crippen LogP contribution in [0.2, 0.25) is 0 Å². The van der Waals surface area contributed by atoms with Crippen molar-refractivity contribution < 1.29 is 5.11 Å². The molecule has 0 aromatic carbocycles. The molecule has 1 heterocycles. The second-order valence-electron chi connectivity index (χ2n) is 2.95. The molecule has 2 nitrogen and oxygen atoms in total. The van der Waals surface area contributed by atoms with Crippen molar-refractivity contribution in [3.05, 3.63) is 16.6 Å². The standard InChI is InChI=1S/C9H15NOS/c1-2-3-8(11)4-5-9-6-10-7-12-9/h6-8,11H,2-5H2,1H3. The predicted octanol–water partition coefficient (Wildman–Crippen LogP) is 2.24. The highest BCUT2D eigenvalue weighted by molar-refractivity contribution is 7.09. The molecule has 0 bridgehead atoms. The van der Waals surface area contributed by atoms with Crippen molar-refractivity contribution in [2.45, 2.75) is 38.7 Å². The summed E-state index contributed by atoms with van der Waals surface area (Å²) in [6.07, 6.45) is 5.56. The summed E-state index contributed by atoms with van der Waals surface area (Å²) in [6, 6.07) is 0. The molecule has 0 aliphatic rings. The molecule has 12 heavy (non-hydrogen) atoms. The van der Waals surface area contributed by atoms with Gasteiger partial charge in [-0.15, -0.1) is 11.3 Å². The number of aliphatic hydroxyl groups is 1. The monoisotopic (exact) mass is 185 g/mol. The summed E-state index contributed by atoms with van der Waals surface area (Å²) in [5.74, 6) is 0. The fourth-order valence-electron chi connectivity index (χ4n) is 1.15. The Labute approximate surface area is 77.3 Å². The van der Waals surface area contributed by atoms with Gasteiger partial charge < -0.3 is 5.11 Å². The maximum Gasteiger partial charge on any atom is 0.0794 e. The number of thiazole rings is 1. The minimum absolute atomic E-state index is 0.128. The van der Waals surface area contributed by atoms with Crippen LogP contribution in [0.1, 0.15) is 31.1 Å². The Hall–Kier alpha value is -0.410. The van der Waals surface area contributed by atoms with E-state index in [4.69, 9.17) is 0 Å². The topological polar surface area (TPSA) is 33.1 Å². The SMILES string of the molecule is CCCC(O)CCc1cncs1. The number of aliphatic hydroxyl groups excluding tert-OH is 1. The van der Waals surface area contributed by atoms with Gasteiger partial charge in [-0.2, -0.15) is 0 Å². The third kappa shape index (κ3) is 3.32. The van der Waals surface area contributed by atoms with Gasteiger partial charge in [-0.3, -0.25) is 4.98 Å².